The van der Waals surface area contributed by atoms with Crippen molar-refractivity contribution in [1.82, 2.24) is 4.98 Å². The number of nitrogens with one attached hydrogen (secondary N) is 1. The predicted octanol–water partition coefficient (Wildman–Crippen LogP) is 5.57. The molecule has 2 aromatic carbocycles. The number of nitrogens with zero attached hydrogens (tertiary/aromatic N) is 1. The number of rotatable bonds is 3. The third kappa shape index (κ3) is 2.98. The summed E-state index contributed by atoms with van der Waals surface area (Å²) in [4.78, 5) is 17.3. The van der Waals surface area contributed by atoms with Gasteiger partial charge in [-0.15, -0.1) is 11.3 Å². The van der Waals surface area contributed by atoms with E-state index in [0.717, 1.165) is 26.1 Å². The molecule has 4 nitrogen and oxygen atoms in total. The number of benzene rings is 2. The zero-order valence-corrected chi connectivity index (χ0v) is 14.7. The number of para-hydroxylation sites is 2. The monoisotopic (exact) mass is 398 g/mol. The second-order valence-electron chi connectivity index (χ2n) is 5.12. The van der Waals surface area contributed by atoms with E-state index in [1.54, 1.807) is 6.07 Å². The number of hydrogen-bond acceptors (Lipinski definition) is 4. The zero-order valence-electron chi connectivity index (χ0n) is 12.3. The highest BCUT2D eigenvalue weighted by molar-refractivity contribution is 9.11. The Kier molecular flexibility index (Phi) is 3.92. The lowest BCUT2D eigenvalue weighted by Gasteiger charge is -2.04. The van der Waals surface area contributed by atoms with Gasteiger partial charge in [-0.3, -0.25) is 4.79 Å². The second-order valence-corrected chi connectivity index (χ2v) is 7.58. The Morgan fingerprint density at radius 1 is 1.04 bits per heavy atom. The van der Waals surface area contributed by atoms with Crippen molar-refractivity contribution in [2.45, 2.75) is 0 Å². The molecule has 0 saturated heterocycles. The van der Waals surface area contributed by atoms with Gasteiger partial charge in [-0.25, -0.2) is 4.98 Å². The van der Waals surface area contributed by atoms with Crippen molar-refractivity contribution in [3.63, 3.8) is 0 Å². The lowest BCUT2D eigenvalue weighted by atomic mass is 10.2. The summed E-state index contributed by atoms with van der Waals surface area (Å²) in [5.74, 6) is 0.441. The van der Waals surface area contributed by atoms with Crippen molar-refractivity contribution < 1.29 is 9.21 Å². The Hall–Kier alpha value is -2.44. The molecule has 0 unspecified atom stereocenters. The minimum absolute atomic E-state index is 0.125. The van der Waals surface area contributed by atoms with Crippen LogP contribution >= 0.6 is 27.3 Å². The number of fused-ring (bicyclic) bond motifs is 1. The third-order valence-corrected chi connectivity index (χ3v) is 5.10. The summed E-state index contributed by atoms with van der Waals surface area (Å²) in [6.45, 7) is 0. The van der Waals surface area contributed by atoms with E-state index in [0.29, 0.717) is 10.8 Å². The Bertz CT molecular complexity index is 988. The number of hydrogen-bond donors (Lipinski definition) is 1. The van der Waals surface area contributed by atoms with Crippen LogP contribution in [0.4, 0.5) is 5.69 Å². The molecule has 118 valence electrons. The van der Waals surface area contributed by atoms with Crippen LogP contribution in [0, 0.1) is 0 Å². The topological polar surface area (TPSA) is 55.1 Å². The van der Waals surface area contributed by atoms with Gasteiger partial charge in [0.05, 0.1) is 8.66 Å². The average Bonchev–Trinajstić information content (AvgIpc) is 3.21. The first-order chi connectivity index (χ1) is 11.7. The van der Waals surface area contributed by atoms with Crippen LogP contribution in [0.5, 0.6) is 0 Å². The molecule has 24 heavy (non-hydrogen) atoms. The van der Waals surface area contributed by atoms with Gasteiger partial charge in [0.25, 0.3) is 5.91 Å². The van der Waals surface area contributed by atoms with Crippen molar-refractivity contribution in [2.24, 2.45) is 0 Å². The standard InChI is InChI=1S/C18H11BrN2O2S/c19-16-10-9-15(24-16)17(22)20-12-7-5-11(6-8-12)18-21-13-3-1-2-4-14(13)23-18/h1-10H,(H,20,22). The second kappa shape index (κ2) is 6.22. The van der Waals surface area contributed by atoms with Gasteiger partial charge in [-0.05, 0) is 64.5 Å². The Morgan fingerprint density at radius 2 is 1.83 bits per heavy atom. The van der Waals surface area contributed by atoms with Crippen LogP contribution in [0.3, 0.4) is 0 Å². The van der Waals surface area contributed by atoms with Gasteiger partial charge in [-0.2, -0.15) is 0 Å². The highest BCUT2D eigenvalue weighted by atomic mass is 79.9. The molecule has 0 aliphatic carbocycles. The summed E-state index contributed by atoms with van der Waals surface area (Å²) < 4.78 is 6.67. The largest absolute Gasteiger partial charge is 0.436 e. The first-order valence-electron chi connectivity index (χ1n) is 7.22. The molecular formula is C18H11BrN2O2S. The molecule has 0 aliphatic heterocycles. The molecule has 0 saturated carbocycles. The molecule has 4 aromatic rings. The number of halogens is 1. The first kappa shape index (κ1) is 15.1. The zero-order chi connectivity index (χ0) is 16.5. The fourth-order valence-electron chi connectivity index (χ4n) is 2.32. The van der Waals surface area contributed by atoms with E-state index in [1.807, 2.05) is 54.6 Å². The molecule has 0 radical (unpaired) electrons. The molecular weight excluding hydrogens is 388 g/mol. The van der Waals surface area contributed by atoms with E-state index in [1.165, 1.54) is 11.3 Å². The van der Waals surface area contributed by atoms with Crippen LogP contribution in [-0.2, 0) is 0 Å². The van der Waals surface area contributed by atoms with Gasteiger partial charge < -0.3 is 9.73 Å². The van der Waals surface area contributed by atoms with Crippen LogP contribution in [0.1, 0.15) is 9.67 Å². The summed E-state index contributed by atoms with van der Waals surface area (Å²) >= 11 is 4.75. The number of aromatic nitrogens is 1. The SMILES string of the molecule is O=C(Nc1ccc(-c2nc3ccccc3o2)cc1)c1ccc(Br)s1. The van der Waals surface area contributed by atoms with E-state index < -0.39 is 0 Å². The Morgan fingerprint density at radius 3 is 2.54 bits per heavy atom. The van der Waals surface area contributed by atoms with Crippen LogP contribution in [0.2, 0.25) is 0 Å². The number of carbonyl (C=O) groups is 1. The Balaban J connectivity index is 1.55. The maximum Gasteiger partial charge on any atom is 0.265 e. The minimum atomic E-state index is -0.125. The molecule has 2 aromatic heterocycles. The summed E-state index contributed by atoms with van der Waals surface area (Å²) in [5.41, 5.74) is 3.17. The third-order valence-electron chi connectivity index (χ3n) is 3.48. The smallest absolute Gasteiger partial charge is 0.265 e. The van der Waals surface area contributed by atoms with Crippen LogP contribution in [0.15, 0.2) is 68.9 Å². The fourth-order valence-corrected chi connectivity index (χ4v) is 3.60. The number of carbonyl (C=O) groups excluding carboxylic acids is 1. The van der Waals surface area contributed by atoms with Crippen molar-refractivity contribution in [2.75, 3.05) is 5.32 Å². The molecule has 1 amide bonds. The van der Waals surface area contributed by atoms with E-state index in [-0.39, 0.29) is 5.91 Å². The Labute approximate surface area is 150 Å². The molecule has 0 spiro atoms. The number of oxazole rings is 1. The maximum absolute atomic E-state index is 12.1. The minimum Gasteiger partial charge on any atom is -0.436 e. The quantitative estimate of drug-likeness (QED) is 0.490. The summed E-state index contributed by atoms with van der Waals surface area (Å²) in [5, 5.41) is 2.88. The van der Waals surface area contributed by atoms with Gasteiger partial charge >= 0.3 is 0 Å². The summed E-state index contributed by atoms with van der Waals surface area (Å²) in [6.07, 6.45) is 0. The molecule has 0 atom stereocenters. The van der Waals surface area contributed by atoms with Crippen molar-refractivity contribution in [3.8, 4) is 11.5 Å². The highest BCUT2D eigenvalue weighted by Gasteiger charge is 2.10. The molecule has 0 bridgehead atoms. The van der Waals surface area contributed by atoms with Gasteiger partial charge in [-0.1, -0.05) is 12.1 Å². The van der Waals surface area contributed by atoms with Gasteiger partial charge in [0.1, 0.15) is 5.52 Å². The number of amides is 1. The molecule has 0 aliphatic rings. The number of anilines is 1. The normalized spacial score (nSPS) is 10.9. The number of thiophene rings is 1. The molecule has 4 rings (SSSR count). The van der Waals surface area contributed by atoms with Gasteiger partial charge in [0, 0.05) is 11.3 Å². The van der Waals surface area contributed by atoms with Crippen LogP contribution < -0.4 is 5.32 Å². The first-order valence-corrected chi connectivity index (χ1v) is 8.83. The van der Waals surface area contributed by atoms with Gasteiger partial charge in [0.2, 0.25) is 5.89 Å². The lowest BCUT2D eigenvalue weighted by molar-refractivity contribution is 0.103. The van der Waals surface area contributed by atoms with E-state index in [9.17, 15) is 4.79 Å². The molecule has 1 N–H and O–H groups in total. The lowest BCUT2D eigenvalue weighted by Crippen LogP contribution is -2.09. The van der Waals surface area contributed by atoms with E-state index >= 15 is 0 Å². The van der Waals surface area contributed by atoms with Gasteiger partial charge in [0.15, 0.2) is 5.58 Å². The van der Waals surface area contributed by atoms with Crippen LogP contribution in [-0.4, -0.2) is 10.9 Å². The van der Waals surface area contributed by atoms with E-state index in [2.05, 4.69) is 26.2 Å². The predicted molar refractivity (Wildman–Crippen MR) is 99.4 cm³/mol. The highest BCUT2D eigenvalue weighted by Crippen LogP contribution is 2.26. The molecule has 6 heteroatoms. The van der Waals surface area contributed by atoms with Crippen molar-refractivity contribution in [1.29, 1.82) is 0 Å². The van der Waals surface area contributed by atoms with E-state index in [4.69, 9.17) is 4.42 Å². The average molecular weight is 399 g/mol. The molecule has 0 fully saturated rings. The fraction of sp³-hybridized carbons (Fsp3) is 0. The molecule has 2 heterocycles. The van der Waals surface area contributed by atoms with Crippen molar-refractivity contribution in [3.05, 3.63) is 69.3 Å². The summed E-state index contributed by atoms with van der Waals surface area (Å²) in [6, 6.07) is 18.7. The maximum atomic E-state index is 12.1. The van der Waals surface area contributed by atoms with Crippen molar-refractivity contribution >= 4 is 50.0 Å². The summed E-state index contributed by atoms with van der Waals surface area (Å²) in [7, 11) is 0. The van der Waals surface area contributed by atoms with Crippen LogP contribution in [0.25, 0.3) is 22.6 Å².